The monoisotopic (exact) mass is 255 g/mol. The average Bonchev–Trinajstić information content (AvgIpc) is 2.81. The number of hydrogen-bond acceptors (Lipinski definition) is 5. The number of nitrogens with zero attached hydrogens (tertiary/aromatic N) is 3. The summed E-state index contributed by atoms with van der Waals surface area (Å²) in [6.45, 7) is 0. The molecule has 3 rings (SSSR count). The third kappa shape index (κ3) is 1.86. The number of nitrogen functional groups attached to an aromatic ring is 1. The molecule has 2 aromatic heterocycles. The summed E-state index contributed by atoms with van der Waals surface area (Å²) >= 11 is 0. The smallest absolute Gasteiger partial charge is 0.270 e. The normalized spacial score (nSPS) is 10.7. The lowest BCUT2D eigenvalue weighted by Crippen LogP contribution is -1.94. The molecule has 0 bridgehead atoms. The van der Waals surface area contributed by atoms with Gasteiger partial charge in [0.15, 0.2) is 0 Å². The number of rotatable bonds is 2. The Morgan fingerprint density at radius 1 is 1.32 bits per heavy atom. The van der Waals surface area contributed by atoms with Crippen LogP contribution in [-0.2, 0) is 0 Å². The van der Waals surface area contributed by atoms with Crippen molar-refractivity contribution in [1.82, 2.24) is 15.0 Å². The SMILES string of the molecule is Nc1nccc(-c2c[nH]c3ccc([N+](=O)[O-])cc23)n1. The van der Waals surface area contributed by atoms with Gasteiger partial charge < -0.3 is 10.7 Å². The molecule has 0 saturated heterocycles. The van der Waals surface area contributed by atoms with Crippen molar-refractivity contribution in [2.24, 2.45) is 0 Å². The predicted molar refractivity (Wildman–Crippen MR) is 70.4 cm³/mol. The van der Waals surface area contributed by atoms with E-state index in [0.29, 0.717) is 5.69 Å². The van der Waals surface area contributed by atoms with Gasteiger partial charge in [-0.25, -0.2) is 9.97 Å². The van der Waals surface area contributed by atoms with E-state index in [2.05, 4.69) is 15.0 Å². The zero-order valence-electron chi connectivity index (χ0n) is 9.70. The van der Waals surface area contributed by atoms with E-state index in [0.717, 1.165) is 16.5 Å². The number of fused-ring (bicyclic) bond motifs is 1. The molecule has 7 nitrogen and oxygen atoms in total. The van der Waals surface area contributed by atoms with Crippen molar-refractivity contribution < 1.29 is 4.92 Å². The number of nitrogens with two attached hydrogens (primary N) is 1. The van der Waals surface area contributed by atoms with Gasteiger partial charge in [-0.2, -0.15) is 0 Å². The molecule has 3 N–H and O–H groups in total. The largest absolute Gasteiger partial charge is 0.368 e. The van der Waals surface area contributed by atoms with E-state index in [1.165, 1.54) is 12.1 Å². The molecule has 19 heavy (non-hydrogen) atoms. The molecular formula is C12H9N5O2. The zero-order chi connectivity index (χ0) is 13.4. The molecule has 0 aliphatic rings. The van der Waals surface area contributed by atoms with E-state index in [9.17, 15) is 10.1 Å². The van der Waals surface area contributed by atoms with E-state index < -0.39 is 4.92 Å². The highest BCUT2D eigenvalue weighted by Crippen LogP contribution is 2.30. The quantitative estimate of drug-likeness (QED) is 0.538. The Bertz CT molecular complexity index is 781. The molecule has 0 fully saturated rings. The van der Waals surface area contributed by atoms with E-state index in [1.54, 1.807) is 24.5 Å². The fourth-order valence-electron chi connectivity index (χ4n) is 1.96. The molecule has 1 aromatic carbocycles. The highest BCUT2D eigenvalue weighted by atomic mass is 16.6. The molecule has 0 aliphatic carbocycles. The molecule has 0 saturated carbocycles. The highest BCUT2D eigenvalue weighted by Gasteiger charge is 2.12. The maximum Gasteiger partial charge on any atom is 0.270 e. The van der Waals surface area contributed by atoms with Crippen molar-refractivity contribution in [3.8, 4) is 11.3 Å². The maximum absolute atomic E-state index is 10.8. The third-order valence-corrected chi connectivity index (χ3v) is 2.83. The molecule has 0 spiro atoms. The minimum Gasteiger partial charge on any atom is -0.368 e. The van der Waals surface area contributed by atoms with Crippen LogP contribution in [0.4, 0.5) is 11.6 Å². The average molecular weight is 255 g/mol. The molecule has 7 heteroatoms. The van der Waals surface area contributed by atoms with Gasteiger partial charge >= 0.3 is 0 Å². The van der Waals surface area contributed by atoms with Crippen molar-refractivity contribution in [2.75, 3.05) is 5.73 Å². The number of benzene rings is 1. The lowest BCUT2D eigenvalue weighted by atomic mass is 10.1. The first-order valence-corrected chi connectivity index (χ1v) is 5.49. The topological polar surface area (TPSA) is 111 Å². The van der Waals surface area contributed by atoms with Gasteiger partial charge in [-0.05, 0) is 12.1 Å². The van der Waals surface area contributed by atoms with Gasteiger partial charge in [-0.1, -0.05) is 0 Å². The highest BCUT2D eigenvalue weighted by molar-refractivity contribution is 5.95. The standard InChI is InChI=1S/C12H9N5O2/c13-12-14-4-3-11(16-12)9-6-15-10-2-1-7(17(18)19)5-8(9)10/h1-6,15H,(H2,13,14,16). The van der Waals surface area contributed by atoms with Gasteiger partial charge in [0, 0.05) is 41.0 Å². The van der Waals surface area contributed by atoms with Gasteiger partial charge in [0.25, 0.3) is 5.69 Å². The molecule has 3 aromatic rings. The van der Waals surface area contributed by atoms with Crippen molar-refractivity contribution in [2.45, 2.75) is 0 Å². The number of nitro benzene ring substituents is 1. The van der Waals surface area contributed by atoms with Crippen LogP contribution in [-0.4, -0.2) is 19.9 Å². The van der Waals surface area contributed by atoms with Gasteiger partial charge in [0.05, 0.1) is 10.6 Å². The summed E-state index contributed by atoms with van der Waals surface area (Å²) in [6.07, 6.45) is 3.30. The Hall–Kier alpha value is -2.96. The Morgan fingerprint density at radius 2 is 2.16 bits per heavy atom. The Kier molecular flexibility index (Phi) is 2.38. The maximum atomic E-state index is 10.8. The number of nitro groups is 1. The van der Waals surface area contributed by atoms with Crippen molar-refractivity contribution in [1.29, 1.82) is 0 Å². The number of non-ortho nitro benzene ring substituents is 1. The third-order valence-electron chi connectivity index (χ3n) is 2.83. The summed E-state index contributed by atoms with van der Waals surface area (Å²) in [4.78, 5) is 21.4. The molecule has 2 heterocycles. The minimum atomic E-state index is -0.426. The van der Waals surface area contributed by atoms with Crippen molar-refractivity contribution in [3.63, 3.8) is 0 Å². The first-order valence-electron chi connectivity index (χ1n) is 5.49. The zero-order valence-corrected chi connectivity index (χ0v) is 9.70. The Morgan fingerprint density at radius 3 is 2.89 bits per heavy atom. The number of hydrogen-bond donors (Lipinski definition) is 2. The van der Waals surface area contributed by atoms with Gasteiger partial charge in [0.1, 0.15) is 0 Å². The van der Waals surface area contributed by atoms with Gasteiger partial charge in [-0.15, -0.1) is 0 Å². The molecule has 0 unspecified atom stereocenters. The van der Waals surface area contributed by atoms with E-state index in [1.807, 2.05) is 0 Å². The molecule has 0 aliphatic heterocycles. The van der Waals surface area contributed by atoms with Crippen LogP contribution in [0.1, 0.15) is 0 Å². The lowest BCUT2D eigenvalue weighted by Gasteiger charge is -1.99. The molecule has 0 amide bonds. The van der Waals surface area contributed by atoms with E-state index in [-0.39, 0.29) is 11.6 Å². The van der Waals surface area contributed by atoms with E-state index >= 15 is 0 Å². The van der Waals surface area contributed by atoms with Crippen LogP contribution in [0.5, 0.6) is 0 Å². The van der Waals surface area contributed by atoms with Crippen molar-refractivity contribution >= 4 is 22.5 Å². The summed E-state index contributed by atoms with van der Waals surface area (Å²) in [7, 11) is 0. The number of aromatic amines is 1. The molecular weight excluding hydrogens is 246 g/mol. The summed E-state index contributed by atoms with van der Waals surface area (Å²) in [5, 5.41) is 11.5. The summed E-state index contributed by atoms with van der Waals surface area (Å²) in [5.74, 6) is 0.164. The van der Waals surface area contributed by atoms with Crippen LogP contribution in [0.2, 0.25) is 0 Å². The Labute approximate surface area is 107 Å². The van der Waals surface area contributed by atoms with E-state index in [4.69, 9.17) is 5.73 Å². The minimum absolute atomic E-state index is 0.0374. The van der Waals surface area contributed by atoms with Crippen molar-refractivity contribution in [3.05, 3.63) is 46.8 Å². The Balaban J connectivity index is 2.24. The first kappa shape index (κ1) is 11.1. The first-order chi connectivity index (χ1) is 9.15. The summed E-state index contributed by atoms with van der Waals surface area (Å²) < 4.78 is 0. The number of H-pyrrole nitrogens is 1. The van der Waals surface area contributed by atoms with Crippen LogP contribution >= 0.6 is 0 Å². The van der Waals surface area contributed by atoms with Crippen LogP contribution < -0.4 is 5.73 Å². The summed E-state index contributed by atoms with van der Waals surface area (Å²) in [6, 6.07) is 6.34. The second-order valence-electron chi connectivity index (χ2n) is 3.99. The predicted octanol–water partition coefficient (Wildman–Crippen LogP) is 2.12. The second kappa shape index (κ2) is 4.05. The molecule has 0 atom stereocenters. The fraction of sp³-hybridized carbons (Fsp3) is 0. The number of aromatic nitrogens is 3. The van der Waals surface area contributed by atoms with Crippen LogP contribution in [0, 0.1) is 10.1 Å². The number of anilines is 1. The fourth-order valence-corrected chi connectivity index (χ4v) is 1.96. The van der Waals surface area contributed by atoms with Gasteiger partial charge in [-0.3, -0.25) is 10.1 Å². The number of nitrogens with one attached hydrogen (secondary N) is 1. The lowest BCUT2D eigenvalue weighted by molar-refractivity contribution is -0.384. The van der Waals surface area contributed by atoms with Gasteiger partial charge in [0.2, 0.25) is 5.95 Å². The van der Waals surface area contributed by atoms with Crippen LogP contribution in [0.25, 0.3) is 22.2 Å². The van der Waals surface area contributed by atoms with Crippen LogP contribution in [0.3, 0.4) is 0 Å². The molecule has 0 radical (unpaired) electrons. The molecule has 94 valence electrons. The summed E-state index contributed by atoms with van der Waals surface area (Å²) in [5.41, 5.74) is 7.77. The second-order valence-corrected chi connectivity index (χ2v) is 3.99. The van der Waals surface area contributed by atoms with Crippen LogP contribution in [0.15, 0.2) is 36.7 Å².